The van der Waals surface area contributed by atoms with E-state index in [1.54, 1.807) is 0 Å². The molecule has 0 N–H and O–H groups in total. The summed E-state index contributed by atoms with van der Waals surface area (Å²) in [7, 11) is 0. The average Bonchev–Trinajstić information content (AvgIpc) is 2.08. The maximum Gasteiger partial charge on any atom is 0.00772 e. The van der Waals surface area contributed by atoms with Gasteiger partial charge >= 0.3 is 0 Å². The van der Waals surface area contributed by atoms with E-state index in [0.717, 1.165) is 6.04 Å². The van der Waals surface area contributed by atoms with E-state index in [2.05, 4.69) is 31.4 Å². The summed E-state index contributed by atoms with van der Waals surface area (Å²) in [5.41, 5.74) is 0. The summed E-state index contributed by atoms with van der Waals surface area (Å²) in [5.74, 6) is 0. The fourth-order valence-corrected chi connectivity index (χ4v) is 2.09. The summed E-state index contributed by atoms with van der Waals surface area (Å²) in [6, 6.07) is 0.751. The number of hydrogen-bond donors (Lipinski definition) is 1. The standard InChI is InChI=1S/C8H17NS.C2H6/c1-3-9-5-4-8(10)6-7(9)2;1-2/h7-8,10H,3-6H2,1-2H3;1-2H3. The molecule has 0 aliphatic carbocycles. The molecule has 0 bridgehead atoms. The van der Waals surface area contributed by atoms with Crippen LogP contribution in [-0.4, -0.2) is 29.3 Å². The van der Waals surface area contributed by atoms with Gasteiger partial charge in [-0.15, -0.1) is 0 Å². The third-order valence-corrected chi connectivity index (χ3v) is 2.86. The number of thiol groups is 1. The molecule has 2 unspecified atom stereocenters. The van der Waals surface area contributed by atoms with Crippen LogP contribution in [0.25, 0.3) is 0 Å². The number of hydrogen-bond acceptors (Lipinski definition) is 2. The Morgan fingerprint density at radius 1 is 1.42 bits per heavy atom. The van der Waals surface area contributed by atoms with Gasteiger partial charge in [0.25, 0.3) is 0 Å². The quantitative estimate of drug-likeness (QED) is 0.621. The van der Waals surface area contributed by atoms with Crippen molar-refractivity contribution < 1.29 is 0 Å². The second-order valence-electron chi connectivity index (χ2n) is 3.16. The van der Waals surface area contributed by atoms with Crippen molar-refractivity contribution in [2.75, 3.05) is 13.1 Å². The normalized spacial score (nSPS) is 30.8. The third-order valence-electron chi connectivity index (χ3n) is 2.39. The molecule has 1 aliphatic heterocycles. The van der Waals surface area contributed by atoms with Crippen molar-refractivity contribution in [2.45, 2.75) is 51.8 Å². The van der Waals surface area contributed by atoms with Gasteiger partial charge in [-0.05, 0) is 32.9 Å². The maximum atomic E-state index is 4.47. The lowest BCUT2D eigenvalue weighted by molar-refractivity contribution is 0.174. The molecule has 0 aromatic rings. The monoisotopic (exact) mass is 189 g/mol. The Kier molecular flexibility index (Phi) is 6.96. The number of piperidine rings is 1. The first-order chi connectivity index (χ1) is 5.74. The van der Waals surface area contributed by atoms with Gasteiger partial charge in [0, 0.05) is 11.3 Å². The van der Waals surface area contributed by atoms with Crippen LogP contribution in [0.1, 0.15) is 40.5 Å². The molecule has 1 rings (SSSR count). The van der Waals surface area contributed by atoms with E-state index >= 15 is 0 Å². The van der Waals surface area contributed by atoms with Crippen molar-refractivity contribution in [3.8, 4) is 0 Å². The summed E-state index contributed by atoms with van der Waals surface area (Å²) >= 11 is 4.47. The summed E-state index contributed by atoms with van der Waals surface area (Å²) < 4.78 is 0. The summed E-state index contributed by atoms with van der Waals surface area (Å²) in [6.07, 6.45) is 2.53. The van der Waals surface area contributed by atoms with Crippen LogP contribution in [0.3, 0.4) is 0 Å². The number of rotatable bonds is 1. The highest BCUT2D eigenvalue weighted by atomic mass is 32.1. The van der Waals surface area contributed by atoms with Crippen molar-refractivity contribution in [1.82, 2.24) is 4.90 Å². The van der Waals surface area contributed by atoms with E-state index in [9.17, 15) is 0 Å². The minimum absolute atomic E-state index is 0.651. The van der Waals surface area contributed by atoms with Gasteiger partial charge in [0.1, 0.15) is 0 Å². The molecule has 0 radical (unpaired) electrons. The molecule has 1 saturated heterocycles. The van der Waals surface area contributed by atoms with Gasteiger partial charge in [0.15, 0.2) is 0 Å². The van der Waals surface area contributed by atoms with Gasteiger partial charge < -0.3 is 4.90 Å². The Bertz CT molecular complexity index is 106. The molecule has 1 aliphatic rings. The first-order valence-electron chi connectivity index (χ1n) is 5.16. The van der Waals surface area contributed by atoms with Crippen LogP contribution in [0.4, 0.5) is 0 Å². The van der Waals surface area contributed by atoms with E-state index in [0.29, 0.717) is 5.25 Å². The Labute approximate surface area is 82.9 Å². The lowest BCUT2D eigenvalue weighted by atomic mass is 10.0. The Morgan fingerprint density at radius 3 is 2.42 bits per heavy atom. The van der Waals surface area contributed by atoms with Crippen molar-refractivity contribution in [3.05, 3.63) is 0 Å². The lowest BCUT2D eigenvalue weighted by Crippen LogP contribution is -2.40. The SMILES string of the molecule is CC.CCN1CCC(S)CC1C. The molecule has 12 heavy (non-hydrogen) atoms. The van der Waals surface area contributed by atoms with E-state index in [1.807, 2.05) is 13.8 Å². The van der Waals surface area contributed by atoms with Crippen LogP contribution in [0, 0.1) is 0 Å². The Balaban J connectivity index is 0.000000561. The van der Waals surface area contributed by atoms with Crippen LogP contribution < -0.4 is 0 Å². The molecule has 1 nitrogen and oxygen atoms in total. The summed E-state index contributed by atoms with van der Waals surface area (Å²) in [6.45, 7) is 11.0. The fourth-order valence-electron chi connectivity index (χ4n) is 1.67. The molecule has 2 atom stereocenters. The number of nitrogens with zero attached hydrogens (tertiary/aromatic N) is 1. The minimum atomic E-state index is 0.651. The fraction of sp³-hybridized carbons (Fsp3) is 1.00. The van der Waals surface area contributed by atoms with Gasteiger partial charge in [-0.2, -0.15) is 12.6 Å². The summed E-state index contributed by atoms with van der Waals surface area (Å²) in [5, 5.41) is 0.651. The summed E-state index contributed by atoms with van der Waals surface area (Å²) in [4.78, 5) is 2.52. The van der Waals surface area contributed by atoms with Crippen LogP contribution in [0.2, 0.25) is 0 Å². The molecule has 0 aromatic heterocycles. The van der Waals surface area contributed by atoms with Crippen LogP contribution in [0.15, 0.2) is 0 Å². The lowest BCUT2D eigenvalue weighted by Gasteiger charge is -2.35. The topological polar surface area (TPSA) is 3.24 Å². The molecule has 0 saturated carbocycles. The van der Waals surface area contributed by atoms with Gasteiger partial charge in [0.05, 0.1) is 0 Å². The molecule has 0 amide bonds. The van der Waals surface area contributed by atoms with E-state index in [-0.39, 0.29) is 0 Å². The predicted molar refractivity (Wildman–Crippen MR) is 60.1 cm³/mol. The molecular weight excluding hydrogens is 166 g/mol. The minimum Gasteiger partial charge on any atom is -0.301 e. The molecule has 1 fully saturated rings. The second-order valence-corrected chi connectivity index (χ2v) is 3.89. The maximum absolute atomic E-state index is 4.47. The second kappa shape index (κ2) is 6.79. The smallest absolute Gasteiger partial charge is 0.00772 e. The van der Waals surface area contributed by atoms with Crippen molar-refractivity contribution in [2.24, 2.45) is 0 Å². The molecule has 0 aromatic carbocycles. The van der Waals surface area contributed by atoms with Gasteiger partial charge in [0.2, 0.25) is 0 Å². The highest BCUT2D eigenvalue weighted by molar-refractivity contribution is 7.80. The average molecular weight is 189 g/mol. The third kappa shape index (κ3) is 3.81. The number of likely N-dealkylation sites (tertiary alicyclic amines) is 1. The predicted octanol–water partition coefficient (Wildman–Crippen LogP) is 2.82. The van der Waals surface area contributed by atoms with Gasteiger partial charge in [-0.1, -0.05) is 20.8 Å². The molecule has 2 heteroatoms. The first kappa shape index (κ1) is 12.3. The van der Waals surface area contributed by atoms with Crippen molar-refractivity contribution in [1.29, 1.82) is 0 Å². The van der Waals surface area contributed by atoms with Crippen LogP contribution in [-0.2, 0) is 0 Å². The van der Waals surface area contributed by atoms with Crippen molar-refractivity contribution in [3.63, 3.8) is 0 Å². The molecule has 1 heterocycles. The van der Waals surface area contributed by atoms with E-state index in [4.69, 9.17) is 0 Å². The van der Waals surface area contributed by atoms with E-state index in [1.165, 1.54) is 25.9 Å². The molecule has 0 spiro atoms. The van der Waals surface area contributed by atoms with Crippen molar-refractivity contribution >= 4 is 12.6 Å². The van der Waals surface area contributed by atoms with Gasteiger partial charge in [-0.25, -0.2) is 0 Å². The molecule has 74 valence electrons. The highest BCUT2D eigenvalue weighted by Crippen LogP contribution is 2.20. The van der Waals surface area contributed by atoms with Crippen LogP contribution >= 0.6 is 12.6 Å². The zero-order valence-corrected chi connectivity index (χ0v) is 9.77. The largest absolute Gasteiger partial charge is 0.301 e. The van der Waals surface area contributed by atoms with Gasteiger partial charge in [-0.3, -0.25) is 0 Å². The Hall–Kier alpha value is 0.310. The molecular formula is C10H23NS. The van der Waals surface area contributed by atoms with E-state index < -0.39 is 0 Å². The Morgan fingerprint density at radius 2 is 2.00 bits per heavy atom. The zero-order valence-electron chi connectivity index (χ0n) is 8.88. The zero-order chi connectivity index (χ0) is 9.56. The van der Waals surface area contributed by atoms with Crippen LogP contribution in [0.5, 0.6) is 0 Å². The highest BCUT2D eigenvalue weighted by Gasteiger charge is 2.21. The first-order valence-corrected chi connectivity index (χ1v) is 5.67.